The lowest BCUT2D eigenvalue weighted by Crippen LogP contribution is -2.22. The lowest BCUT2D eigenvalue weighted by molar-refractivity contribution is 0.0952. The fraction of sp³-hybridized carbons (Fsp3) is 0.0870. The molecule has 5 aromatic heterocycles. The molecule has 1 N–H and O–H groups in total. The molecule has 0 amide bonds. The Hall–Kier alpha value is -3.60. The van der Waals surface area contributed by atoms with Crippen LogP contribution in [0.3, 0.4) is 0 Å². The predicted octanol–water partition coefficient (Wildman–Crippen LogP) is 4.63. The highest BCUT2D eigenvalue weighted by molar-refractivity contribution is 7.16. The zero-order valence-electron chi connectivity index (χ0n) is 17.6. The van der Waals surface area contributed by atoms with Gasteiger partial charge >= 0.3 is 0 Å². The van der Waals surface area contributed by atoms with Gasteiger partial charge in [-0.1, -0.05) is 17.7 Å². The third-order valence-electron chi connectivity index (χ3n) is 4.96. The normalized spacial score (nSPS) is 11.0. The number of carbonyl (C=O) groups excluding carboxylic acids is 1. The van der Waals surface area contributed by atoms with Crippen molar-refractivity contribution in [1.82, 2.24) is 24.5 Å². The zero-order valence-corrected chi connectivity index (χ0v) is 20.0. The van der Waals surface area contributed by atoms with Crippen molar-refractivity contribution in [1.29, 1.82) is 0 Å². The van der Waals surface area contributed by atoms with Gasteiger partial charge in [0.25, 0.3) is 11.5 Å². The van der Waals surface area contributed by atoms with E-state index in [1.165, 1.54) is 27.4 Å². The first kappa shape index (κ1) is 22.2. The van der Waals surface area contributed by atoms with Crippen molar-refractivity contribution in [2.24, 2.45) is 0 Å². The number of thiophene rings is 2. The van der Waals surface area contributed by atoms with Gasteiger partial charge in [-0.2, -0.15) is 20.0 Å². The molecule has 0 saturated carbocycles. The van der Waals surface area contributed by atoms with E-state index in [1.807, 2.05) is 23.6 Å². The Kier molecular flexibility index (Phi) is 6.35. The van der Waals surface area contributed by atoms with Crippen LogP contribution in [0.4, 0.5) is 5.82 Å². The number of halogens is 1. The van der Waals surface area contributed by atoms with Crippen molar-refractivity contribution in [3.63, 3.8) is 0 Å². The molecule has 0 unspecified atom stereocenters. The van der Waals surface area contributed by atoms with Crippen LogP contribution in [0.25, 0.3) is 11.3 Å². The van der Waals surface area contributed by atoms with Crippen LogP contribution in [0.5, 0.6) is 0 Å². The van der Waals surface area contributed by atoms with Gasteiger partial charge in [-0.15, -0.1) is 22.7 Å². The fourth-order valence-corrected chi connectivity index (χ4v) is 5.05. The first-order chi connectivity index (χ1) is 16.6. The highest BCUT2D eigenvalue weighted by Crippen LogP contribution is 2.25. The van der Waals surface area contributed by atoms with Gasteiger partial charge in [0.1, 0.15) is 11.5 Å². The quantitative estimate of drug-likeness (QED) is 0.344. The number of carbonyl (C=O) groups is 1. The highest BCUT2D eigenvalue weighted by atomic mass is 35.5. The lowest BCUT2D eigenvalue weighted by atomic mass is 10.2. The summed E-state index contributed by atoms with van der Waals surface area (Å²) in [4.78, 5) is 27.9. The van der Waals surface area contributed by atoms with Gasteiger partial charge in [0.05, 0.1) is 33.6 Å². The average Bonchev–Trinajstić information content (AvgIpc) is 3.61. The van der Waals surface area contributed by atoms with Crippen LogP contribution in [-0.2, 0) is 13.1 Å². The number of rotatable bonds is 7. The van der Waals surface area contributed by atoms with Crippen LogP contribution in [0.15, 0.2) is 77.2 Å². The predicted molar refractivity (Wildman–Crippen MR) is 134 cm³/mol. The number of anilines is 1. The Labute approximate surface area is 207 Å². The SMILES string of the molecule is O=C(c1cccs1)n1nc(-c2cccn(Cc3cccnn3)c2=O)cc1NCc1ccc(Cl)s1. The molecule has 5 aromatic rings. The highest BCUT2D eigenvalue weighted by Gasteiger charge is 2.20. The molecule has 0 fully saturated rings. The smallest absolute Gasteiger partial charge is 0.290 e. The fourth-order valence-electron chi connectivity index (χ4n) is 3.37. The molecule has 170 valence electrons. The molecule has 0 radical (unpaired) electrons. The first-order valence-corrected chi connectivity index (χ1v) is 12.3. The number of nitrogens with one attached hydrogen (secondary N) is 1. The van der Waals surface area contributed by atoms with Crippen molar-refractivity contribution < 1.29 is 4.79 Å². The van der Waals surface area contributed by atoms with E-state index in [9.17, 15) is 9.59 Å². The van der Waals surface area contributed by atoms with E-state index >= 15 is 0 Å². The van der Waals surface area contributed by atoms with Crippen molar-refractivity contribution in [2.45, 2.75) is 13.1 Å². The van der Waals surface area contributed by atoms with Crippen LogP contribution in [0, 0.1) is 0 Å². The molecule has 5 rings (SSSR count). The van der Waals surface area contributed by atoms with Crippen molar-refractivity contribution in [3.05, 3.63) is 103 Å². The Balaban J connectivity index is 1.51. The summed E-state index contributed by atoms with van der Waals surface area (Å²) in [5.41, 5.74) is 1.21. The summed E-state index contributed by atoms with van der Waals surface area (Å²) in [6.07, 6.45) is 3.27. The molecule has 0 aromatic carbocycles. The summed E-state index contributed by atoms with van der Waals surface area (Å²) in [7, 11) is 0. The first-order valence-electron chi connectivity index (χ1n) is 10.2. The van der Waals surface area contributed by atoms with Gasteiger partial charge in [0, 0.05) is 23.3 Å². The van der Waals surface area contributed by atoms with E-state index in [2.05, 4.69) is 20.6 Å². The summed E-state index contributed by atoms with van der Waals surface area (Å²) in [5.74, 6) is 0.213. The van der Waals surface area contributed by atoms with Crippen molar-refractivity contribution in [3.8, 4) is 11.3 Å². The third-order valence-corrected chi connectivity index (χ3v) is 7.05. The van der Waals surface area contributed by atoms with E-state index < -0.39 is 0 Å². The van der Waals surface area contributed by atoms with Crippen LogP contribution in [-0.4, -0.2) is 30.5 Å². The second-order valence-electron chi connectivity index (χ2n) is 7.24. The number of hydrogen-bond acceptors (Lipinski definition) is 8. The maximum absolute atomic E-state index is 13.2. The minimum absolute atomic E-state index is 0.238. The maximum Gasteiger partial charge on any atom is 0.290 e. The Bertz CT molecular complexity index is 1490. The molecule has 5 heterocycles. The van der Waals surface area contributed by atoms with E-state index in [1.54, 1.807) is 53.4 Å². The third kappa shape index (κ3) is 4.69. The molecule has 11 heteroatoms. The number of pyridine rings is 1. The van der Waals surface area contributed by atoms with Gasteiger partial charge in [-0.05, 0) is 47.8 Å². The molecule has 0 spiro atoms. The van der Waals surface area contributed by atoms with Gasteiger partial charge in [-0.25, -0.2) is 0 Å². The van der Waals surface area contributed by atoms with Crippen LogP contribution in [0.2, 0.25) is 4.34 Å². The van der Waals surface area contributed by atoms with Crippen LogP contribution in [0.1, 0.15) is 20.2 Å². The van der Waals surface area contributed by atoms with Gasteiger partial charge in [-0.3, -0.25) is 9.59 Å². The summed E-state index contributed by atoms with van der Waals surface area (Å²) in [6.45, 7) is 0.742. The molecule has 0 saturated heterocycles. The summed E-state index contributed by atoms with van der Waals surface area (Å²) in [5, 5.41) is 17.5. The minimum atomic E-state index is -0.274. The van der Waals surface area contributed by atoms with Crippen LogP contribution >= 0.6 is 34.3 Å². The Morgan fingerprint density at radius 1 is 1.12 bits per heavy atom. The van der Waals surface area contributed by atoms with Gasteiger partial charge in [0.2, 0.25) is 0 Å². The average molecular weight is 509 g/mol. The van der Waals surface area contributed by atoms with E-state index in [0.29, 0.717) is 38.5 Å². The van der Waals surface area contributed by atoms with Gasteiger partial charge < -0.3 is 9.88 Å². The molecule has 8 nitrogen and oxygen atoms in total. The van der Waals surface area contributed by atoms with Crippen LogP contribution < -0.4 is 10.9 Å². The second kappa shape index (κ2) is 9.72. The van der Waals surface area contributed by atoms with E-state index in [0.717, 1.165) is 4.88 Å². The summed E-state index contributed by atoms with van der Waals surface area (Å²) < 4.78 is 3.53. The molecule has 0 aliphatic carbocycles. The molecule has 0 atom stereocenters. The topological polar surface area (TPSA) is 94.7 Å². The summed E-state index contributed by atoms with van der Waals surface area (Å²) >= 11 is 8.83. The van der Waals surface area contributed by atoms with Crippen molar-refractivity contribution >= 4 is 46.0 Å². The Morgan fingerprint density at radius 3 is 2.76 bits per heavy atom. The van der Waals surface area contributed by atoms with E-state index in [4.69, 9.17) is 11.6 Å². The minimum Gasteiger partial charge on any atom is -0.365 e. The summed E-state index contributed by atoms with van der Waals surface area (Å²) in [6, 6.07) is 16.1. The molecule has 0 aliphatic heterocycles. The maximum atomic E-state index is 13.2. The van der Waals surface area contributed by atoms with Gasteiger partial charge in [0.15, 0.2) is 0 Å². The van der Waals surface area contributed by atoms with Crippen molar-refractivity contribution in [2.75, 3.05) is 5.32 Å². The lowest BCUT2D eigenvalue weighted by Gasteiger charge is -2.06. The number of hydrogen-bond donors (Lipinski definition) is 1. The molecule has 34 heavy (non-hydrogen) atoms. The van der Waals surface area contributed by atoms with E-state index in [-0.39, 0.29) is 18.0 Å². The molecule has 0 aliphatic rings. The number of aromatic nitrogens is 5. The zero-order chi connectivity index (χ0) is 23.5. The molecular weight excluding hydrogens is 492 g/mol. The second-order valence-corrected chi connectivity index (χ2v) is 9.99. The molecule has 0 bridgehead atoms. The largest absolute Gasteiger partial charge is 0.365 e. The number of nitrogens with zero attached hydrogens (tertiary/aromatic N) is 5. The standard InChI is InChI=1S/C23H17ClN6O2S2/c24-20-8-7-16(34-20)13-25-21-12-18(28-30(21)23(32)19-6-3-11-33-19)17-5-2-10-29(22(17)31)14-15-4-1-9-26-27-15/h1-12,25H,13-14H2. The monoisotopic (exact) mass is 508 g/mol. The molecular formula is C23H17ClN6O2S2. The Morgan fingerprint density at radius 2 is 2.03 bits per heavy atom.